The molecule has 0 amide bonds. The summed E-state index contributed by atoms with van der Waals surface area (Å²) in [4.78, 5) is 38.0. The van der Waals surface area contributed by atoms with Crippen LogP contribution in [0.3, 0.4) is 0 Å². The molecule has 0 bridgehead atoms. The van der Waals surface area contributed by atoms with Crippen LogP contribution in [-0.4, -0.2) is 37.2 Å². The normalized spacial score (nSPS) is 12.6. The number of hydrogen-bond donors (Lipinski definition) is 0. The van der Waals surface area contributed by atoms with E-state index in [4.69, 9.17) is 14.2 Å². The molecule has 0 aliphatic carbocycles. The van der Waals surface area contributed by atoms with E-state index < -0.39 is 6.10 Å². The molecule has 0 spiro atoms. The Morgan fingerprint density at radius 3 is 1.05 bits per heavy atom. The number of hydrogen-bond acceptors (Lipinski definition) is 6. The topological polar surface area (TPSA) is 78.9 Å². The van der Waals surface area contributed by atoms with Crippen LogP contribution in [0.1, 0.15) is 252 Å². The van der Waals surface area contributed by atoms with Gasteiger partial charge in [-0.15, -0.1) is 0 Å². The van der Waals surface area contributed by atoms with E-state index in [9.17, 15) is 14.4 Å². The molecule has 0 heterocycles. The summed E-state index contributed by atoms with van der Waals surface area (Å²) in [5.74, 6) is -0.924. The molecule has 0 saturated carbocycles. The zero-order valence-corrected chi connectivity index (χ0v) is 41.3. The lowest BCUT2D eigenvalue weighted by Crippen LogP contribution is -2.30. The molecule has 63 heavy (non-hydrogen) atoms. The third-order valence-corrected chi connectivity index (χ3v) is 11.3. The minimum absolute atomic E-state index is 0.0900. The van der Waals surface area contributed by atoms with E-state index in [0.717, 1.165) is 96.3 Å². The summed E-state index contributed by atoms with van der Waals surface area (Å²) in [5, 5.41) is 0. The Bertz CT molecular complexity index is 1190. The van der Waals surface area contributed by atoms with Crippen molar-refractivity contribution in [1.82, 2.24) is 0 Å². The standard InChI is InChI=1S/C57H98O6/c1-4-7-10-13-16-19-22-25-27-28-29-31-32-35-38-41-44-47-50-56(59)62-53-54(52-61-55(58)49-46-43-40-37-34-24-21-18-15-12-9-6-3)63-57(60)51-48-45-42-39-36-33-30-26-23-20-17-14-11-8-5-2/h8,11,14,17-18,20-21,23,27-29,31,54H,4-7,9-10,12-13,15-16,19,22,24-26,30,32-53H2,1-3H3/b11-8-,17-14-,21-18-,23-20-,28-27-,31-29-. The van der Waals surface area contributed by atoms with Gasteiger partial charge in [0.1, 0.15) is 13.2 Å². The van der Waals surface area contributed by atoms with Gasteiger partial charge in [0.25, 0.3) is 0 Å². The average molecular weight is 879 g/mol. The van der Waals surface area contributed by atoms with Crippen molar-refractivity contribution in [3.8, 4) is 0 Å². The molecule has 0 aromatic carbocycles. The molecule has 0 aromatic heterocycles. The van der Waals surface area contributed by atoms with Crippen LogP contribution in [0.15, 0.2) is 72.9 Å². The molecule has 1 atom stereocenters. The number of rotatable bonds is 47. The molecule has 6 nitrogen and oxygen atoms in total. The lowest BCUT2D eigenvalue weighted by atomic mass is 10.1. The molecule has 6 heteroatoms. The Morgan fingerprint density at radius 2 is 0.635 bits per heavy atom. The molecule has 0 aliphatic rings. The molecule has 362 valence electrons. The second kappa shape index (κ2) is 51.5. The van der Waals surface area contributed by atoms with Crippen LogP contribution in [0.25, 0.3) is 0 Å². The van der Waals surface area contributed by atoms with E-state index in [0.29, 0.717) is 19.3 Å². The molecular formula is C57H98O6. The molecule has 0 fully saturated rings. The summed E-state index contributed by atoms with van der Waals surface area (Å²) in [7, 11) is 0. The Labute approximate surface area is 389 Å². The Hall–Kier alpha value is -3.15. The van der Waals surface area contributed by atoms with Gasteiger partial charge in [0.05, 0.1) is 0 Å². The van der Waals surface area contributed by atoms with Crippen molar-refractivity contribution in [2.75, 3.05) is 13.2 Å². The van der Waals surface area contributed by atoms with Crippen molar-refractivity contribution in [3.05, 3.63) is 72.9 Å². The first-order valence-corrected chi connectivity index (χ1v) is 26.5. The Morgan fingerprint density at radius 1 is 0.333 bits per heavy atom. The first kappa shape index (κ1) is 59.9. The predicted octanol–water partition coefficient (Wildman–Crippen LogP) is 17.4. The average Bonchev–Trinajstić information content (AvgIpc) is 3.28. The van der Waals surface area contributed by atoms with Crippen LogP contribution >= 0.6 is 0 Å². The number of carbonyl (C=O) groups is 3. The molecule has 0 radical (unpaired) electrons. The molecule has 0 aromatic rings. The minimum atomic E-state index is -0.791. The highest BCUT2D eigenvalue weighted by Crippen LogP contribution is 2.14. The van der Waals surface area contributed by atoms with Gasteiger partial charge in [-0.05, 0) is 89.9 Å². The molecule has 0 rings (SSSR count). The maximum atomic E-state index is 12.8. The third kappa shape index (κ3) is 49.7. The van der Waals surface area contributed by atoms with Crippen molar-refractivity contribution in [1.29, 1.82) is 0 Å². The van der Waals surface area contributed by atoms with E-state index in [1.54, 1.807) is 0 Å². The lowest BCUT2D eigenvalue weighted by Gasteiger charge is -2.18. The van der Waals surface area contributed by atoms with Crippen LogP contribution in [0.4, 0.5) is 0 Å². The first-order valence-electron chi connectivity index (χ1n) is 26.5. The van der Waals surface area contributed by atoms with Crippen LogP contribution < -0.4 is 0 Å². The molecule has 0 aliphatic heterocycles. The van der Waals surface area contributed by atoms with Crippen LogP contribution in [0.5, 0.6) is 0 Å². The summed E-state index contributed by atoms with van der Waals surface area (Å²) >= 11 is 0. The highest BCUT2D eigenvalue weighted by Gasteiger charge is 2.19. The van der Waals surface area contributed by atoms with Crippen LogP contribution in [0, 0.1) is 0 Å². The number of allylic oxidation sites excluding steroid dienone is 12. The smallest absolute Gasteiger partial charge is 0.306 e. The molecule has 1 unspecified atom stereocenters. The van der Waals surface area contributed by atoms with Gasteiger partial charge in [0.2, 0.25) is 0 Å². The number of carbonyl (C=O) groups excluding carboxylic acids is 3. The van der Waals surface area contributed by atoms with Crippen molar-refractivity contribution in [2.24, 2.45) is 0 Å². The van der Waals surface area contributed by atoms with Crippen LogP contribution in [0.2, 0.25) is 0 Å². The Kier molecular flexibility index (Phi) is 48.9. The number of esters is 3. The first-order chi connectivity index (χ1) is 31.0. The fourth-order valence-electron chi connectivity index (χ4n) is 7.25. The lowest BCUT2D eigenvalue weighted by molar-refractivity contribution is -0.167. The monoisotopic (exact) mass is 879 g/mol. The fourth-order valence-corrected chi connectivity index (χ4v) is 7.25. The van der Waals surface area contributed by atoms with Gasteiger partial charge in [-0.2, -0.15) is 0 Å². The van der Waals surface area contributed by atoms with Crippen molar-refractivity contribution in [2.45, 2.75) is 258 Å². The second-order valence-electron chi connectivity index (χ2n) is 17.5. The van der Waals surface area contributed by atoms with E-state index >= 15 is 0 Å². The molecule has 0 N–H and O–H groups in total. The fraction of sp³-hybridized carbons (Fsp3) is 0.737. The maximum absolute atomic E-state index is 12.8. The van der Waals surface area contributed by atoms with Crippen molar-refractivity contribution in [3.63, 3.8) is 0 Å². The maximum Gasteiger partial charge on any atom is 0.306 e. The van der Waals surface area contributed by atoms with Gasteiger partial charge in [0.15, 0.2) is 6.10 Å². The van der Waals surface area contributed by atoms with Crippen molar-refractivity contribution >= 4 is 17.9 Å². The van der Waals surface area contributed by atoms with E-state index in [1.165, 1.54) is 116 Å². The third-order valence-electron chi connectivity index (χ3n) is 11.3. The SMILES string of the molecule is CC\C=C/C=C\C=C/CCCCCCCCCC(=O)OC(COC(=O)CCCCCCC/C=C\C=C/CCCCCCCCC)COC(=O)CCCCCCC/C=C\CCCCC. The predicted molar refractivity (Wildman–Crippen MR) is 270 cm³/mol. The summed E-state index contributed by atoms with van der Waals surface area (Å²) in [6.45, 7) is 6.45. The van der Waals surface area contributed by atoms with Crippen LogP contribution in [-0.2, 0) is 28.6 Å². The van der Waals surface area contributed by atoms with Gasteiger partial charge in [-0.3, -0.25) is 14.4 Å². The second-order valence-corrected chi connectivity index (χ2v) is 17.5. The van der Waals surface area contributed by atoms with Crippen molar-refractivity contribution < 1.29 is 28.6 Å². The minimum Gasteiger partial charge on any atom is -0.462 e. The summed E-state index contributed by atoms with van der Waals surface area (Å²) in [5.41, 5.74) is 0. The summed E-state index contributed by atoms with van der Waals surface area (Å²) in [6.07, 6.45) is 64.5. The van der Waals surface area contributed by atoms with E-state index in [2.05, 4.69) is 93.7 Å². The quantitative estimate of drug-likeness (QED) is 0.0199. The summed E-state index contributed by atoms with van der Waals surface area (Å²) < 4.78 is 16.8. The number of ether oxygens (including phenoxy) is 3. The number of unbranched alkanes of at least 4 members (excludes halogenated alkanes) is 27. The van der Waals surface area contributed by atoms with Gasteiger partial charge >= 0.3 is 17.9 Å². The summed E-state index contributed by atoms with van der Waals surface area (Å²) in [6, 6.07) is 0. The van der Waals surface area contributed by atoms with Gasteiger partial charge in [0, 0.05) is 19.3 Å². The van der Waals surface area contributed by atoms with E-state index in [-0.39, 0.29) is 31.1 Å². The van der Waals surface area contributed by atoms with Gasteiger partial charge in [-0.1, -0.05) is 216 Å². The van der Waals surface area contributed by atoms with Gasteiger partial charge in [-0.25, -0.2) is 0 Å². The van der Waals surface area contributed by atoms with E-state index in [1.807, 2.05) is 0 Å². The Balaban J connectivity index is 4.42. The zero-order valence-electron chi connectivity index (χ0n) is 41.3. The van der Waals surface area contributed by atoms with Gasteiger partial charge < -0.3 is 14.2 Å². The largest absolute Gasteiger partial charge is 0.462 e. The molecule has 0 saturated heterocycles. The molecular weight excluding hydrogens is 781 g/mol. The zero-order chi connectivity index (χ0) is 45.8. The highest BCUT2D eigenvalue weighted by molar-refractivity contribution is 5.71. The highest BCUT2D eigenvalue weighted by atomic mass is 16.6.